The number of anilines is 1. The summed E-state index contributed by atoms with van der Waals surface area (Å²) < 4.78 is 0. The fourth-order valence-corrected chi connectivity index (χ4v) is 2.88. The Bertz CT molecular complexity index is 630. The van der Waals surface area contributed by atoms with Crippen molar-refractivity contribution < 1.29 is 4.79 Å². The standard InChI is InChI=1S/C16H19N3OS/c1-4-14(21-15-9-12(3)17-10-18-15)16(20)19-13-7-5-6-11(2)8-13/h5-10,14H,4H2,1-3H3,(H,19,20). The van der Waals surface area contributed by atoms with Crippen molar-refractivity contribution in [2.75, 3.05) is 5.32 Å². The van der Waals surface area contributed by atoms with E-state index in [2.05, 4.69) is 15.3 Å². The Hall–Kier alpha value is -1.88. The highest BCUT2D eigenvalue weighted by Crippen LogP contribution is 2.25. The van der Waals surface area contributed by atoms with Crippen molar-refractivity contribution in [3.8, 4) is 0 Å². The molecule has 21 heavy (non-hydrogen) atoms. The zero-order valence-electron chi connectivity index (χ0n) is 12.5. The van der Waals surface area contributed by atoms with E-state index in [9.17, 15) is 4.79 Å². The number of nitrogens with one attached hydrogen (secondary N) is 1. The SMILES string of the molecule is CCC(Sc1cc(C)ncn1)C(=O)Nc1cccc(C)c1. The quantitative estimate of drug-likeness (QED) is 0.677. The minimum atomic E-state index is -0.167. The van der Waals surface area contributed by atoms with Gasteiger partial charge in [0, 0.05) is 11.4 Å². The van der Waals surface area contributed by atoms with E-state index in [1.807, 2.05) is 51.1 Å². The zero-order chi connectivity index (χ0) is 15.2. The van der Waals surface area contributed by atoms with Crippen LogP contribution < -0.4 is 5.32 Å². The van der Waals surface area contributed by atoms with Gasteiger partial charge in [0.05, 0.1) is 5.25 Å². The van der Waals surface area contributed by atoms with Gasteiger partial charge in [-0.2, -0.15) is 0 Å². The summed E-state index contributed by atoms with van der Waals surface area (Å²) in [5, 5.41) is 3.63. The molecule has 1 unspecified atom stereocenters. The number of aromatic nitrogens is 2. The lowest BCUT2D eigenvalue weighted by Crippen LogP contribution is -2.24. The maximum Gasteiger partial charge on any atom is 0.237 e. The lowest BCUT2D eigenvalue weighted by molar-refractivity contribution is -0.115. The van der Waals surface area contributed by atoms with E-state index in [0.717, 1.165) is 28.4 Å². The maximum absolute atomic E-state index is 12.4. The minimum Gasteiger partial charge on any atom is -0.325 e. The number of carbonyl (C=O) groups is 1. The van der Waals surface area contributed by atoms with Gasteiger partial charge in [-0.15, -0.1) is 0 Å². The van der Waals surface area contributed by atoms with E-state index < -0.39 is 0 Å². The fourth-order valence-electron chi connectivity index (χ4n) is 1.91. The normalized spacial score (nSPS) is 12.0. The van der Waals surface area contributed by atoms with Crippen LogP contribution in [0.25, 0.3) is 0 Å². The molecule has 0 spiro atoms. The molecule has 4 nitrogen and oxygen atoms in total. The number of carbonyl (C=O) groups excluding carboxylic acids is 1. The first-order valence-electron chi connectivity index (χ1n) is 6.91. The molecule has 110 valence electrons. The molecule has 1 amide bonds. The molecule has 1 atom stereocenters. The van der Waals surface area contributed by atoms with Crippen LogP contribution in [0.3, 0.4) is 0 Å². The first-order chi connectivity index (χ1) is 10.1. The molecule has 0 radical (unpaired) electrons. The largest absolute Gasteiger partial charge is 0.325 e. The van der Waals surface area contributed by atoms with Crippen molar-refractivity contribution >= 4 is 23.4 Å². The third-order valence-corrected chi connectivity index (χ3v) is 4.29. The highest BCUT2D eigenvalue weighted by Gasteiger charge is 2.18. The average Bonchev–Trinajstić information content (AvgIpc) is 2.44. The smallest absolute Gasteiger partial charge is 0.237 e. The van der Waals surface area contributed by atoms with E-state index in [-0.39, 0.29) is 11.2 Å². The van der Waals surface area contributed by atoms with Gasteiger partial charge in [-0.25, -0.2) is 9.97 Å². The van der Waals surface area contributed by atoms with Crippen LogP contribution in [0, 0.1) is 13.8 Å². The van der Waals surface area contributed by atoms with Gasteiger partial charge in [0.15, 0.2) is 0 Å². The summed E-state index contributed by atoms with van der Waals surface area (Å²) in [6.45, 7) is 5.92. The third-order valence-electron chi connectivity index (χ3n) is 2.99. The van der Waals surface area contributed by atoms with Gasteiger partial charge in [-0.3, -0.25) is 4.79 Å². The molecule has 1 heterocycles. The molecule has 0 aliphatic heterocycles. The minimum absolute atomic E-state index is 0.00404. The van der Waals surface area contributed by atoms with Crippen LogP contribution in [0.5, 0.6) is 0 Å². The highest BCUT2D eigenvalue weighted by molar-refractivity contribution is 8.00. The van der Waals surface area contributed by atoms with Crippen LogP contribution in [-0.2, 0) is 4.79 Å². The molecule has 0 saturated heterocycles. The van der Waals surface area contributed by atoms with Gasteiger partial charge in [-0.1, -0.05) is 30.8 Å². The van der Waals surface area contributed by atoms with Crippen molar-refractivity contribution in [1.82, 2.24) is 9.97 Å². The Morgan fingerprint density at radius 3 is 2.76 bits per heavy atom. The summed E-state index contributed by atoms with van der Waals surface area (Å²) in [5.41, 5.74) is 2.86. The van der Waals surface area contributed by atoms with Gasteiger partial charge >= 0.3 is 0 Å². The Balaban J connectivity index is 2.05. The number of hydrogen-bond acceptors (Lipinski definition) is 4. The predicted molar refractivity (Wildman–Crippen MR) is 86.5 cm³/mol. The number of nitrogens with zero attached hydrogens (tertiary/aromatic N) is 2. The lowest BCUT2D eigenvalue weighted by Gasteiger charge is -2.14. The number of benzene rings is 1. The molecule has 1 aromatic heterocycles. The number of rotatable bonds is 5. The summed E-state index contributed by atoms with van der Waals surface area (Å²) in [4.78, 5) is 20.6. The van der Waals surface area contributed by atoms with Crippen molar-refractivity contribution in [2.24, 2.45) is 0 Å². The highest BCUT2D eigenvalue weighted by atomic mass is 32.2. The van der Waals surface area contributed by atoms with E-state index in [4.69, 9.17) is 0 Å². The number of amides is 1. The van der Waals surface area contributed by atoms with Crippen molar-refractivity contribution in [2.45, 2.75) is 37.5 Å². The molecular formula is C16H19N3OS. The van der Waals surface area contributed by atoms with E-state index in [1.165, 1.54) is 18.1 Å². The Morgan fingerprint density at radius 2 is 2.10 bits per heavy atom. The van der Waals surface area contributed by atoms with Gasteiger partial charge in [-0.05, 0) is 44.0 Å². The second kappa shape index (κ2) is 7.22. The second-order valence-corrected chi connectivity index (χ2v) is 6.09. The molecule has 0 fully saturated rings. The summed E-state index contributed by atoms with van der Waals surface area (Å²) in [7, 11) is 0. The van der Waals surface area contributed by atoms with Crippen LogP contribution in [0.1, 0.15) is 24.6 Å². The summed E-state index contributed by atoms with van der Waals surface area (Å²) in [6, 6.07) is 9.70. The monoisotopic (exact) mass is 301 g/mol. The Kier molecular flexibility index (Phi) is 5.33. The lowest BCUT2D eigenvalue weighted by atomic mass is 10.2. The molecule has 0 aliphatic carbocycles. The van der Waals surface area contributed by atoms with Gasteiger partial charge in [0.25, 0.3) is 0 Å². The summed E-state index contributed by atoms with van der Waals surface area (Å²) in [5.74, 6) is 0.00404. The number of thioether (sulfide) groups is 1. The van der Waals surface area contributed by atoms with Crippen LogP contribution in [0.15, 0.2) is 41.7 Å². The first-order valence-corrected chi connectivity index (χ1v) is 7.79. The molecule has 2 rings (SSSR count). The zero-order valence-corrected chi connectivity index (χ0v) is 13.3. The van der Waals surface area contributed by atoms with E-state index in [1.54, 1.807) is 0 Å². The molecule has 0 bridgehead atoms. The Labute approximate surface area is 129 Å². The van der Waals surface area contributed by atoms with Crippen molar-refractivity contribution in [3.05, 3.63) is 47.9 Å². The van der Waals surface area contributed by atoms with Crippen molar-refractivity contribution in [3.63, 3.8) is 0 Å². The molecule has 1 N–H and O–H groups in total. The topological polar surface area (TPSA) is 54.9 Å². The van der Waals surface area contributed by atoms with Gasteiger partial charge in [0.1, 0.15) is 11.4 Å². The third kappa shape index (κ3) is 4.56. The maximum atomic E-state index is 12.4. The second-order valence-electron chi connectivity index (χ2n) is 4.87. The number of aryl methyl sites for hydroxylation is 2. The molecule has 0 aliphatic rings. The number of hydrogen-bond donors (Lipinski definition) is 1. The van der Waals surface area contributed by atoms with Crippen LogP contribution in [0.2, 0.25) is 0 Å². The summed E-state index contributed by atoms with van der Waals surface area (Å²) in [6.07, 6.45) is 2.27. The molecule has 1 aromatic carbocycles. The van der Waals surface area contributed by atoms with Crippen LogP contribution in [-0.4, -0.2) is 21.1 Å². The Morgan fingerprint density at radius 1 is 1.29 bits per heavy atom. The van der Waals surface area contributed by atoms with Crippen LogP contribution >= 0.6 is 11.8 Å². The predicted octanol–water partition coefficient (Wildman–Crippen LogP) is 3.60. The van der Waals surface area contributed by atoms with Gasteiger partial charge < -0.3 is 5.32 Å². The molecular weight excluding hydrogens is 282 g/mol. The van der Waals surface area contributed by atoms with Gasteiger partial charge in [0.2, 0.25) is 5.91 Å². The average molecular weight is 301 g/mol. The van der Waals surface area contributed by atoms with Crippen molar-refractivity contribution in [1.29, 1.82) is 0 Å². The summed E-state index contributed by atoms with van der Waals surface area (Å²) >= 11 is 1.47. The fraction of sp³-hybridized carbons (Fsp3) is 0.312. The first kappa shape index (κ1) is 15.5. The van der Waals surface area contributed by atoms with E-state index >= 15 is 0 Å². The molecule has 5 heteroatoms. The van der Waals surface area contributed by atoms with E-state index in [0.29, 0.717) is 0 Å². The van der Waals surface area contributed by atoms with Crippen LogP contribution in [0.4, 0.5) is 5.69 Å². The molecule has 0 saturated carbocycles. The molecule has 2 aromatic rings.